The van der Waals surface area contributed by atoms with Crippen molar-refractivity contribution in [3.63, 3.8) is 0 Å². The van der Waals surface area contributed by atoms with Gasteiger partial charge in [-0.1, -0.05) is 0 Å². The molecule has 1 saturated heterocycles. The van der Waals surface area contributed by atoms with Crippen LogP contribution < -0.4 is 0 Å². The topological polar surface area (TPSA) is 41.7 Å². The van der Waals surface area contributed by atoms with E-state index in [0.717, 1.165) is 24.7 Å². The second-order valence-electron chi connectivity index (χ2n) is 6.79. The smallest absolute Gasteiger partial charge is 0.241 e. The third-order valence-corrected chi connectivity index (χ3v) is 5.43. The van der Waals surface area contributed by atoms with Gasteiger partial charge in [0.15, 0.2) is 25.5 Å². The van der Waals surface area contributed by atoms with Gasteiger partial charge in [0.25, 0.3) is 0 Å². The standard InChI is InChI=1S/C17H22N6/c1-13-18-9-15-11-20-7-5-3-4-6-8-21-12-16-10-19-14(2)23(16)17(20,21)22(13)15/h9-12H,3-8H2,1-2H3/q+2. The number of imidazole rings is 2. The minimum Gasteiger partial charge on any atom is -0.241 e. The summed E-state index contributed by atoms with van der Waals surface area (Å²) in [5.41, 5.74) is 2.37. The molecule has 6 nitrogen and oxygen atoms in total. The van der Waals surface area contributed by atoms with Crippen molar-refractivity contribution < 1.29 is 9.15 Å². The largest absolute Gasteiger partial charge is 0.544 e. The number of rotatable bonds is 0. The van der Waals surface area contributed by atoms with E-state index in [1.54, 1.807) is 0 Å². The molecule has 2 aromatic heterocycles. The molecule has 5 heterocycles. The second kappa shape index (κ2) is 4.40. The zero-order valence-corrected chi connectivity index (χ0v) is 13.7. The van der Waals surface area contributed by atoms with Crippen molar-refractivity contribution in [3.05, 3.63) is 35.4 Å². The first-order valence-corrected chi connectivity index (χ1v) is 8.56. The predicted octanol–water partition coefficient (Wildman–Crippen LogP) is 1.28. The van der Waals surface area contributed by atoms with Crippen LogP contribution in [-0.4, -0.2) is 53.8 Å². The van der Waals surface area contributed by atoms with Gasteiger partial charge >= 0.3 is 5.91 Å². The molecular weight excluding hydrogens is 288 g/mol. The van der Waals surface area contributed by atoms with Crippen molar-refractivity contribution in [1.82, 2.24) is 19.1 Å². The molecule has 0 amide bonds. The zero-order valence-electron chi connectivity index (χ0n) is 13.7. The van der Waals surface area contributed by atoms with E-state index in [-0.39, 0.29) is 5.91 Å². The highest BCUT2D eigenvalue weighted by Gasteiger charge is 2.65. The van der Waals surface area contributed by atoms with Crippen LogP contribution in [0.4, 0.5) is 0 Å². The number of hydrogen-bond donors (Lipinski definition) is 0. The van der Waals surface area contributed by atoms with Crippen LogP contribution in [0.3, 0.4) is 0 Å². The van der Waals surface area contributed by atoms with Crippen LogP contribution in [0.1, 0.15) is 48.7 Å². The lowest BCUT2D eigenvalue weighted by Gasteiger charge is -2.24. The number of nitrogens with zero attached hydrogens (tertiary/aromatic N) is 6. The summed E-state index contributed by atoms with van der Waals surface area (Å²) >= 11 is 0. The van der Waals surface area contributed by atoms with E-state index in [2.05, 4.69) is 54.5 Å². The van der Waals surface area contributed by atoms with Gasteiger partial charge in [-0.2, -0.15) is 9.13 Å². The summed E-state index contributed by atoms with van der Waals surface area (Å²) in [6.07, 6.45) is 13.6. The Balaban J connectivity index is 1.86. The van der Waals surface area contributed by atoms with E-state index in [4.69, 9.17) is 0 Å². The van der Waals surface area contributed by atoms with Crippen molar-refractivity contribution in [3.8, 4) is 0 Å². The summed E-state index contributed by atoms with van der Waals surface area (Å²) in [5, 5.41) is 0. The molecule has 1 fully saturated rings. The minimum absolute atomic E-state index is 0.365. The first kappa shape index (κ1) is 13.2. The molecule has 0 bridgehead atoms. The van der Waals surface area contributed by atoms with Crippen molar-refractivity contribution >= 4 is 12.4 Å². The molecule has 0 aromatic carbocycles. The van der Waals surface area contributed by atoms with Gasteiger partial charge in [0.1, 0.15) is 23.0 Å². The SMILES string of the molecule is Cc1ncc2n1C13n4c(cnc4C)C=[N+]1CCCCCC[N+]3=C2. The highest BCUT2D eigenvalue weighted by atomic mass is 15.6. The maximum atomic E-state index is 4.58. The Morgan fingerprint density at radius 1 is 0.826 bits per heavy atom. The van der Waals surface area contributed by atoms with E-state index in [9.17, 15) is 0 Å². The van der Waals surface area contributed by atoms with Gasteiger partial charge in [0.2, 0.25) is 0 Å². The zero-order chi connectivity index (χ0) is 15.6. The fraction of sp³-hybridized carbons (Fsp3) is 0.529. The third kappa shape index (κ3) is 1.49. The molecule has 0 atom stereocenters. The van der Waals surface area contributed by atoms with Gasteiger partial charge in [0.05, 0.1) is 12.4 Å². The number of aromatic nitrogens is 4. The molecular formula is C17H22N6+2. The summed E-state index contributed by atoms with van der Waals surface area (Å²) in [6.45, 7) is 6.32. The monoisotopic (exact) mass is 310 g/mol. The van der Waals surface area contributed by atoms with Crippen molar-refractivity contribution in [2.45, 2.75) is 45.4 Å². The third-order valence-electron chi connectivity index (χ3n) is 5.43. The van der Waals surface area contributed by atoms with E-state index in [0.29, 0.717) is 0 Å². The Bertz CT molecular complexity index is 794. The fourth-order valence-corrected chi connectivity index (χ4v) is 4.50. The van der Waals surface area contributed by atoms with E-state index in [1.165, 1.54) is 37.1 Å². The van der Waals surface area contributed by atoms with Crippen LogP contribution >= 0.6 is 0 Å². The van der Waals surface area contributed by atoms with Crippen molar-refractivity contribution in [2.75, 3.05) is 13.1 Å². The van der Waals surface area contributed by atoms with Gasteiger partial charge < -0.3 is 0 Å². The minimum atomic E-state index is -0.365. The molecule has 2 aromatic rings. The molecule has 0 aliphatic carbocycles. The lowest BCUT2D eigenvalue weighted by Crippen LogP contribution is -2.55. The van der Waals surface area contributed by atoms with Gasteiger partial charge in [-0.05, 0) is 26.7 Å². The number of aryl methyl sites for hydroxylation is 2. The highest BCUT2D eigenvalue weighted by Crippen LogP contribution is 2.36. The van der Waals surface area contributed by atoms with Crippen LogP contribution in [0.25, 0.3) is 0 Å². The molecule has 1 spiro atoms. The molecule has 0 N–H and O–H groups in total. The van der Waals surface area contributed by atoms with Gasteiger partial charge in [-0.15, -0.1) is 9.15 Å². The molecule has 3 aliphatic heterocycles. The summed E-state index contributed by atoms with van der Waals surface area (Å²) in [6, 6.07) is 0. The van der Waals surface area contributed by atoms with Crippen LogP contribution in [0.15, 0.2) is 12.4 Å². The normalized spacial score (nSPS) is 21.3. The fourth-order valence-electron chi connectivity index (χ4n) is 4.50. The van der Waals surface area contributed by atoms with Gasteiger partial charge in [0, 0.05) is 12.8 Å². The van der Waals surface area contributed by atoms with E-state index >= 15 is 0 Å². The van der Waals surface area contributed by atoms with Crippen molar-refractivity contribution in [1.29, 1.82) is 0 Å². The Kier molecular flexibility index (Phi) is 2.53. The maximum absolute atomic E-state index is 4.58. The number of hydrogen-bond acceptors (Lipinski definition) is 2. The van der Waals surface area contributed by atoms with Crippen LogP contribution in [0, 0.1) is 13.8 Å². The average molecular weight is 310 g/mol. The molecule has 3 aliphatic rings. The highest BCUT2D eigenvalue weighted by molar-refractivity contribution is 5.77. The molecule has 0 saturated carbocycles. The summed E-state index contributed by atoms with van der Waals surface area (Å²) in [5.74, 6) is 1.74. The molecule has 0 unspecified atom stereocenters. The van der Waals surface area contributed by atoms with Crippen molar-refractivity contribution in [2.24, 2.45) is 0 Å². The lowest BCUT2D eigenvalue weighted by molar-refractivity contribution is -0.858. The van der Waals surface area contributed by atoms with Crippen LogP contribution in [-0.2, 0) is 5.91 Å². The molecule has 118 valence electrons. The lowest BCUT2D eigenvalue weighted by atomic mass is 10.2. The maximum Gasteiger partial charge on any atom is 0.544 e. The summed E-state index contributed by atoms with van der Waals surface area (Å²) < 4.78 is 9.73. The summed E-state index contributed by atoms with van der Waals surface area (Å²) in [7, 11) is 0. The number of fused-ring (bicyclic) bond motifs is 2. The molecule has 6 heteroatoms. The first-order chi connectivity index (χ1) is 11.2. The average Bonchev–Trinajstić information content (AvgIpc) is 3.22. The second-order valence-corrected chi connectivity index (χ2v) is 6.79. The Hall–Kier alpha value is -2.24. The first-order valence-electron chi connectivity index (χ1n) is 8.56. The molecule has 23 heavy (non-hydrogen) atoms. The Labute approximate surface area is 135 Å². The predicted molar refractivity (Wildman–Crippen MR) is 86.4 cm³/mol. The van der Waals surface area contributed by atoms with Crippen LogP contribution in [0.5, 0.6) is 0 Å². The van der Waals surface area contributed by atoms with E-state index in [1.807, 2.05) is 12.4 Å². The van der Waals surface area contributed by atoms with Crippen LogP contribution in [0.2, 0.25) is 0 Å². The van der Waals surface area contributed by atoms with Gasteiger partial charge in [-0.3, -0.25) is 0 Å². The van der Waals surface area contributed by atoms with Gasteiger partial charge in [-0.25, -0.2) is 9.97 Å². The van der Waals surface area contributed by atoms with E-state index < -0.39 is 0 Å². The Morgan fingerprint density at radius 3 is 1.78 bits per heavy atom. The molecule has 0 radical (unpaired) electrons. The Morgan fingerprint density at radius 2 is 1.30 bits per heavy atom. The summed E-state index contributed by atoms with van der Waals surface area (Å²) in [4.78, 5) is 9.16. The quantitative estimate of drug-likeness (QED) is 0.688. The molecule has 5 rings (SSSR count).